The molecule has 122 valence electrons. The summed E-state index contributed by atoms with van der Waals surface area (Å²) in [5.74, 6) is -0.948. The largest absolute Gasteiger partial charge is 0.361 e. The number of rotatable bonds is 4. The number of aryl methyl sites for hydroxylation is 1. The first-order valence-electron chi connectivity index (χ1n) is 8.00. The molecule has 0 fully saturated rings. The standard InChI is InChI=1S/C20H15N3OS/c1-12-6-7-14-13(11-22-17(14)8-12)9-18(24)15(10-21)20-23-16-4-2-3-5-19(16)25-20/h2-8,11,15,22H,9H2,1H3/t15-/m1/s1. The number of carbonyl (C=O) groups excluding carboxylic acids is 1. The van der Waals surface area contributed by atoms with Crippen molar-refractivity contribution in [2.75, 3.05) is 0 Å². The molecule has 2 aromatic carbocycles. The van der Waals surface area contributed by atoms with Gasteiger partial charge in [0.05, 0.1) is 16.3 Å². The van der Waals surface area contributed by atoms with Crippen LogP contribution in [-0.2, 0) is 11.2 Å². The molecule has 1 atom stereocenters. The second-order valence-corrected chi connectivity index (χ2v) is 7.15. The second kappa shape index (κ2) is 6.15. The Morgan fingerprint density at radius 3 is 2.96 bits per heavy atom. The summed E-state index contributed by atoms with van der Waals surface area (Å²) in [7, 11) is 0. The van der Waals surface area contributed by atoms with Crippen LogP contribution < -0.4 is 0 Å². The number of hydrogen-bond donors (Lipinski definition) is 1. The van der Waals surface area contributed by atoms with E-state index in [1.165, 1.54) is 11.3 Å². The molecule has 2 aromatic heterocycles. The van der Waals surface area contributed by atoms with Crippen LogP contribution in [-0.4, -0.2) is 15.8 Å². The number of ketones is 1. The predicted molar refractivity (Wildman–Crippen MR) is 99.7 cm³/mol. The Morgan fingerprint density at radius 1 is 1.32 bits per heavy atom. The lowest BCUT2D eigenvalue weighted by Gasteiger charge is -2.04. The average Bonchev–Trinajstić information content (AvgIpc) is 3.19. The van der Waals surface area contributed by atoms with Crippen molar-refractivity contribution in [2.24, 2.45) is 0 Å². The Labute approximate surface area is 148 Å². The number of benzene rings is 2. The number of para-hydroxylation sites is 1. The molecule has 0 saturated carbocycles. The first-order valence-corrected chi connectivity index (χ1v) is 8.82. The Balaban J connectivity index is 1.65. The van der Waals surface area contributed by atoms with E-state index in [0.29, 0.717) is 5.01 Å². The van der Waals surface area contributed by atoms with Crippen LogP contribution in [0.1, 0.15) is 22.1 Å². The molecule has 0 unspecified atom stereocenters. The monoisotopic (exact) mass is 345 g/mol. The van der Waals surface area contributed by atoms with E-state index in [2.05, 4.69) is 22.1 Å². The van der Waals surface area contributed by atoms with Crippen LogP contribution in [0.2, 0.25) is 0 Å². The lowest BCUT2D eigenvalue weighted by Crippen LogP contribution is -2.13. The van der Waals surface area contributed by atoms with Gasteiger partial charge in [-0.1, -0.05) is 24.3 Å². The van der Waals surface area contributed by atoms with Crippen LogP contribution >= 0.6 is 11.3 Å². The van der Waals surface area contributed by atoms with Crippen molar-refractivity contribution >= 4 is 38.2 Å². The maximum atomic E-state index is 12.8. The van der Waals surface area contributed by atoms with E-state index in [-0.39, 0.29) is 12.2 Å². The number of aromatic nitrogens is 2. The van der Waals surface area contributed by atoms with E-state index in [0.717, 1.165) is 32.2 Å². The van der Waals surface area contributed by atoms with Gasteiger partial charge in [0.25, 0.3) is 0 Å². The van der Waals surface area contributed by atoms with Gasteiger partial charge in [0.2, 0.25) is 0 Å². The zero-order chi connectivity index (χ0) is 17.4. The number of Topliss-reactive ketones (excluding diaryl/α,β-unsaturated/α-hetero) is 1. The van der Waals surface area contributed by atoms with Gasteiger partial charge in [-0.15, -0.1) is 11.3 Å². The minimum absolute atomic E-state index is 0.122. The Morgan fingerprint density at radius 2 is 2.16 bits per heavy atom. The topological polar surface area (TPSA) is 69.5 Å². The third-order valence-electron chi connectivity index (χ3n) is 4.30. The Kier molecular flexibility index (Phi) is 3.83. The highest BCUT2D eigenvalue weighted by molar-refractivity contribution is 7.18. The molecule has 4 rings (SSSR count). The zero-order valence-electron chi connectivity index (χ0n) is 13.6. The van der Waals surface area contributed by atoms with E-state index >= 15 is 0 Å². The van der Waals surface area contributed by atoms with Crippen molar-refractivity contribution in [1.82, 2.24) is 9.97 Å². The molecule has 1 N–H and O–H groups in total. The van der Waals surface area contributed by atoms with Gasteiger partial charge in [0, 0.05) is 23.5 Å². The van der Waals surface area contributed by atoms with Gasteiger partial charge >= 0.3 is 0 Å². The SMILES string of the molecule is Cc1ccc2c(CC(=O)[C@@H](C#N)c3nc4ccccc4s3)c[nH]c2c1. The van der Waals surface area contributed by atoms with E-state index in [9.17, 15) is 10.1 Å². The lowest BCUT2D eigenvalue weighted by molar-refractivity contribution is -0.118. The van der Waals surface area contributed by atoms with Gasteiger partial charge < -0.3 is 4.98 Å². The molecule has 4 aromatic rings. The fourth-order valence-corrected chi connectivity index (χ4v) is 4.05. The molecule has 0 saturated heterocycles. The Bertz CT molecular complexity index is 1100. The molecule has 0 aliphatic carbocycles. The molecule has 0 aliphatic heterocycles. The summed E-state index contributed by atoms with van der Waals surface area (Å²) in [6, 6.07) is 15.9. The third-order valence-corrected chi connectivity index (χ3v) is 5.40. The maximum absolute atomic E-state index is 12.8. The van der Waals surface area contributed by atoms with Gasteiger partial charge in [-0.25, -0.2) is 4.98 Å². The molecule has 0 radical (unpaired) electrons. The molecule has 0 amide bonds. The van der Waals surface area contributed by atoms with Crippen LogP contribution in [0.4, 0.5) is 0 Å². The number of H-pyrrole nitrogens is 1. The normalized spacial score (nSPS) is 12.3. The highest BCUT2D eigenvalue weighted by Gasteiger charge is 2.24. The summed E-state index contributed by atoms with van der Waals surface area (Å²) in [5, 5.41) is 11.1. The summed E-state index contributed by atoms with van der Waals surface area (Å²) in [5.41, 5.74) is 3.92. The molecule has 0 aliphatic rings. The van der Waals surface area contributed by atoms with E-state index in [4.69, 9.17) is 0 Å². The van der Waals surface area contributed by atoms with Crippen molar-refractivity contribution in [3.8, 4) is 6.07 Å². The summed E-state index contributed by atoms with van der Waals surface area (Å²) >= 11 is 1.41. The first-order chi connectivity index (χ1) is 12.2. The number of aromatic amines is 1. The zero-order valence-corrected chi connectivity index (χ0v) is 14.4. The molecular weight excluding hydrogens is 330 g/mol. The van der Waals surface area contributed by atoms with E-state index < -0.39 is 5.92 Å². The molecular formula is C20H15N3OS. The van der Waals surface area contributed by atoms with Crippen LogP contribution in [0, 0.1) is 18.3 Å². The predicted octanol–water partition coefficient (Wildman–Crippen LogP) is 4.51. The number of fused-ring (bicyclic) bond motifs is 2. The van der Waals surface area contributed by atoms with Crippen LogP contribution in [0.5, 0.6) is 0 Å². The van der Waals surface area contributed by atoms with Crippen LogP contribution in [0.25, 0.3) is 21.1 Å². The van der Waals surface area contributed by atoms with Gasteiger partial charge in [0.15, 0.2) is 11.7 Å². The van der Waals surface area contributed by atoms with Crippen molar-refractivity contribution in [1.29, 1.82) is 5.26 Å². The number of carbonyl (C=O) groups is 1. The number of nitrogens with one attached hydrogen (secondary N) is 1. The Hall–Kier alpha value is -2.97. The third kappa shape index (κ3) is 2.81. The maximum Gasteiger partial charge on any atom is 0.161 e. The molecule has 25 heavy (non-hydrogen) atoms. The number of nitrogens with zero attached hydrogens (tertiary/aromatic N) is 2. The van der Waals surface area contributed by atoms with Gasteiger partial charge in [-0.2, -0.15) is 5.26 Å². The molecule has 5 heteroatoms. The first kappa shape index (κ1) is 15.6. The van der Waals surface area contributed by atoms with Gasteiger partial charge in [-0.3, -0.25) is 4.79 Å². The summed E-state index contributed by atoms with van der Waals surface area (Å²) < 4.78 is 0.994. The number of nitriles is 1. The minimum Gasteiger partial charge on any atom is -0.361 e. The molecule has 2 heterocycles. The van der Waals surface area contributed by atoms with Crippen LogP contribution in [0.15, 0.2) is 48.7 Å². The molecule has 0 bridgehead atoms. The summed E-state index contributed by atoms with van der Waals surface area (Å²) in [4.78, 5) is 20.4. The average molecular weight is 345 g/mol. The second-order valence-electron chi connectivity index (χ2n) is 6.09. The van der Waals surface area contributed by atoms with Gasteiger partial charge in [0.1, 0.15) is 5.01 Å². The minimum atomic E-state index is -0.826. The summed E-state index contributed by atoms with van der Waals surface area (Å²) in [6.45, 7) is 2.03. The highest BCUT2D eigenvalue weighted by atomic mass is 32.1. The van der Waals surface area contributed by atoms with E-state index in [1.54, 1.807) is 0 Å². The van der Waals surface area contributed by atoms with Crippen molar-refractivity contribution in [3.05, 3.63) is 64.8 Å². The van der Waals surface area contributed by atoms with Crippen molar-refractivity contribution in [2.45, 2.75) is 19.3 Å². The number of hydrogen-bond acceptors (Lipinski definition) is 4. The molecule has 4 nitrogen and oxygen atoms in total. The van der Waals surface area contributed by atoms with Crippen molar-refractivity contribution < 1.29 is 4.79 Å². The fraction of sp³-hybridized carbons (Fsp3) is 0.150. The summed E-state index contributed by atoms with van der Waals surface area (Å²) in [6.07, 6.45) is 2.08. The highest BCUT2D eigenvalue weighted by Crippen LogP contribution is 2.29. The van der Waals surface area contributed by atoms with Gasteiger partial charge in [-0.05, 0) is 36.2 Å². The van der Waals surface area contributed by atoms with Crippen molar-refractivity contribution in [3.63, 3.8) is 0 Å². The quantitative estimate of drug-likeness (QED) is 0.592. The van der Waals surface area contributed by atoms with E-state index in [1.807, 2.05) is 49.5 Å². The molecule has 0 spiro atoms. The fourth-order valence-electron chi connectivity index (χ4n) is 3.01. The van der Waals surface area contributed by atoms with Crippen LogP contribution in [0.3, 0.4) is 0 Å². The smallest absolute Gasteiger partial charge is 0.161 e. The number of thiazole rings is 1. The lowest BCUT2D eigenvalue weighted by atomic mass is 9.99.